The Balaban J connectivity index is 2.21. The average Bonchev–Trinajstić information content (AvgIpc) is 2.79. The van der Waals surface area contributed by atoms with E-state index in [-0.39, 0.29) is 5.69 Å². The van der Waals surface area contributed by atoms with Gasteiger partial charge >= 0.3 is 5.69 Å². The summed E-state index contributed by atoms with van der Waals surface area (Å²) >= 11 is 1.57. The van der Waals surface area contributed by atoms with Gasteiger partial charge in [0.05, 0.1) is 18.0 Å². The molecule has 0 unspecified atom stereocenters. The first-order valence-corrected chi connectivity index (χ1v) is 6.31. The van der Waals surface area contributed by atoms with Gasteiger partial charge in [-0.1, -0.05) is 11.8 Å². The Bertz CT molecular complexity index is 661. The lowest BCUT2D eigenvalue weighted by Gasteiger charge is -2.02. The fourth-order valence-corrected chi connectivity index (χ4v) is 2.40. The maximum absolute atomic E-state index is 11.6. The number of thiophene rings is 1. The Labute approximate surface area is 109 Å². The molecule has 0 spiro atoms. The molecule has 18 heavy (non-hydrogen) atoms. The monoisotopic (exact) mass is 259 g/mol. The van der Waals surface area contributed by atoms with Crippen LogP contribution in [-0.2, 0) is 6.54 Å². The topological polar surface area (TPSA) is 60.9 Å². The fourth-order valence-electron chi connectivity index (χ4n) is 1.51. The van der Waals surface area contributed by atoms with Gasteiger partial charge in [-0.2, -0.15) is 0 Å². The zero-order valence-electron chi connectivity index (χ0n) is 10.0. The Morgan fingerprint density at radius 1 is 1.50 bits per heavy atom. The highest BCUT2D eigenvalue weighted by Crippen LogP contribution is 2.16. The molecule has 2 N–H and O–H groups in total. The Morgan fingerprint density at radius 2 is 2.33 bits per heavy atom. The zero-order chi connectivity index (χ0) is 13.0. The summed E-state index contributed by atoms with van der Waals surface area (Å²) in [7, 11) is 0. The summed E-state index contributed by atoms with van der Waals surface area (Å²) in [5.74, 6) is 5.79. The number of hydrogen-bond acceptors (Lipinski definition) is 4. The molecule has 0 aromatic carbocycles. The molecular weight excluding hydrogens is 246 g/mol. The van der Waals surface area contributed by atoms with Crippen molar-refractivity contribution < 1.29 is 0 Å². The minimum Gasteiger partial charge on any atom is -0.320 e. The highest BCUT2D eigenvalue weighted by atomic mass is 32.1. The molecule has 0 atom stereocenters. The summed E-state index contributed by atoms with van der Waals surface area (Å²) in [6.45, 7) is 2.80. The van der Waals surface area contributed by atoms with Gasteiger partial charge in [-0.3, -0.25) is 4.57 Å². The van der Waals surface area contributed by atoms with Crippen molar-refractivity contribution in [2.24, 2.45) is 5.73 Å². The molecule has 2 heterocycles. The molecule has 0 amide bonds. The first kappa shape index (κ1) is 12.6. The zero-order valence-corrected chi connectivity index (χ0v) is 10.8. The Morgan fingerprint density at radius 3 is 3.11 bits per heavy atom. The van der Waals surface area contributed by atoms with Gasteiger partial charge in [-0.05, 0) is 24.6 Å². The van der Waals surface area contributed by atoms with Crippen molar-refractivity contribution in [2.45, 2.75) is 13.5 Å². The summed E-state index contributed by atoms with van der Waals surface area (Å²) in [5, 5.41) is 0. The summed E-state index contributed by atoms with van der Waals surface area (Å²) in [6.07, 6.45) is 3.38. The highest BCUT2D eigenvalue weighted by molar-refractivity contribution is 7.12. The number of aromatic nitrogens is 2. The summed E-state index contributed by atoms with van der Waals surface area (Å²) < 4.78 is 1.60. The number of hydrogen-bond donors (Lipinski definition) is 1. The van der Waals surface area contributed by atoms with Crippen molar-refractivity contribution >= 4 is 11.3 Å². The van der Waals surface area contributed by atoms with Crippen molar-refractivity contribution in [1.82, 2.24) is 9.55 Å². The van der Waals surface area contributed by atoms with E-state index in [2.05, 4.69) is 16.8 Å². The number of nitrogens with two attached hydrogens (primary N) is 1. The smallest absolute Gasteiger partial charge is 0.320 e. The van der Waals surface area contributed by atoms with Crippen LogP contribution in [0.5, 0.6) is 0 Å². The molecule has 0 radical (unpaired) electrons. The van der Waals surface area contributed by atoms with E-state index in [1.807, 2.05) is 19.1 Å². The average molecular weight is 259 g/mol. The molecular formula is C13H13N3OS. The minimum absolute atomic E-state index is 0.233. The van der Waals surface area contributed by atoms with Gasteiger partial charge < -0.3 is 5.73 Å². The van der Waals surface area contributed by atoms with Gasteiger partial charge in [0.25, 0.3) is 0 Å². The molecule has 2 aromatic rings. The van der Waals surface area contributed by atoms with Crippen LogP contribution < -0.4 is 11.4 Å². The molecule has 0 saturated heterocycles. The molecule has 2 aromatic heterocycles. The quantitative estimate of drug-likeness (QED) is 0.818. The van der Waals surface area contributed by atoms with Crippen LogP contribution in [0.2, 0.25) is 0 Å². The second-order valence-corrected chi connectivity index (χ2v) is 4.98. The van der Waals surface area contributed by atoms with Crippen LogP contribution in [-0.4, -0.2) is 16.1 Å². The largest absolute Gasteiger partial charge is 0.347 e. The van der Waals surface area contributed by atoms with E-state index in [0.29, 0.717) is 13.1 Å². The Hall–Kier alpha value is -1.90. The van der Waals surface area contributed by atoms with Gasteiger partial charge in [0, 0.05) is 17.3 Å². The SMILES string of the molecule is Cc1cnc(=O)n(Cc2ccc(C#CCN)s2)c1. The molecule has 92 valence electrons. The van der Waals surface area contributed by atoms with E-state index in [9.17, 15) is 4.79 Å². The van der Waals surface area contributed by atoms with Crippen LogP contribution in [0.1, 0.15) is 15.3 Å². The predicted octanol–water partition coefficient (Wildman–Crippen LogP) is 0.972. The van der Waals surface area contributed by atoms with Crippen molar-refractivity contribution in [1.29, 1.82) is 0 Å². The van der Waals surface area contributed by atoms with Gasteiger partial charge in [-0.25, -0.2) is 9.78 Å². The fraction of sp³-hybridized carbons (Fsp3) is 0.231. The van der Waals surface area contributed by atoms with Crippen molar-refractivity contribution in [2.75, 3.05) is 6.54 Å². The molecule has 4 nitrogen and oxygen atoms in total. The lowest BCUT2D eigenvalue weighted by atomic mass is 10.4. The van der Waals surface area contributed by atoms with Gasteiger partial charge in [-0.15, -0.1) is 11.3 Å². The molecule has 0 aliphatic rings. The molecule has 0 bridgehead atoms. The predicted molar refractivity (Wildman–Crippen MR) is 72.6 cm³/mol. The molecule has 5 heteroatoms. The van der Waals surface area contributed by atoms with Crippen LogP contribution in [0.15, 0.2) is 29.3 Å². The van der Waals surface area contributed by atoms with Crippen molar-refractivity contribution in [3.63, 3.8) is 0 Å². The lowest BCUT2D eigenvalue weighted by Crippen LogP contribution is -2.22. The lowest BCUT2D eigenvalue weighted by molar-refractivity contribution is 0.729. The summed E-state index contributed by atoms with van der Waals surface area (Å²) in [5.41, 5.74) is 6.05. The maximum Gasteiger partial charge on any atom is 0.347 e. The van der Waals surface area contributed by atoms with Crippen LogP contribution in [0, 0.1) is 18.8 Å². The van der Waals surface area contributed by atoms with Crippen molar-refractivity contribution in [3.05, 3.63) is 50.3 Å². The van der Waals surface area contributed by atoms with E-state index in [1.54, 1.807) is 28.3 Å². The van der Waals surface area contributed by atoms with Crippen LogP contribution in [0.25, 0.3) is 0 Å². The first-order chi connectivity index (χ1) is 8.69. The standard InChI is InChI=1S/C13H13N3OS/c1-10-7-15-13(17)16(8-10)9-12-5-4-11(18-12)3-2-6-14/h4-5,7-8H,6,9,14H2,1H3. The third kappa shape index (κ3) is 3.06. The molecule has 0 aliphatic carbocycles. The van der Waals surface area contributed by atoms with Gasteiger partial charge in [0.15, 0.2) is 0 Å². The second-order valence-electron chi connectivity index (χ2n) is 3.81. The minimum atomic E-state index is -0.233. The van der Waals surface area contributed by atoms with E-state index in [4.69, 9.17) is 5.73 Å². The second kappa shape index (κ2) is 5.63. The van der Waals surface area contributed by atoms with Crippen LogP contribution in [0.4, 0.5) is 0 Å². The van der Waals surface area contributed by atoms with E-state index >= 15 is 0 Å². The summed E-state index contributed by atoms with van der Waals surface area (Å²) in [4.78, 5) is 17.4. The van der Waals surface area contributed by atoms with E-state index in [1.165, 1.54) is 0 Å². The molecule has 0 fully saturated rings. The van der Waals surface area contributed by atoms with Gasteiger partial charge in [0.2, 0.25) is 0 Å². The molecule has 0 aliphatic heterocycles. The number of rotatable bonds is 2. The third-order valence-corrected chi connectivity index (χ3v) is 3.27. The maximum atomic E-state index is 11.6. The Kier molecular flexibility index (Phi) is 3.92. The molecule has 0 saturated carbocycles. The summed E-state index contributed by atoms with van der Waals surface area (Å²) in [6, 6.07) is 3.91. The van der Waals surface area contributed by atoms with Crippen LogP contribution >= 0.6 is 11.3 Å². The van der Waals surface area contributed by atoms with Crippen molar-refractivity contribution in [3.8, 4) is 11.8 Å². The normalized spacial score (nSPS) is 9.89. The number of nitrogens with zero attached hydrogens (tertiary/aromatic N) is 2. The first-order valence-electron chi connectivity index (χ1n) is 5.50. The molecule has 2 rings (SSSR count). The number of aryl methyl sites for hydroxylation is 1. The van der Waals surface area contributed by atoms with Crippen LogP contribution in [0.3, 0.4) is 0 Å². The van der Waals surface area contributed by atoms with E-state index in [0.717, 1.165) is 15.3 Å². The van der Waals surface area contributed by atoms with E-state index < -0.39 is 0 Å². The van der Waals surface area contributed by atoms with Gasteiger partial charge in [0.1, 0.15) is 0 Å². The third-order valence-electron chi connectivity index (χ3n) is 2.29. The highest BCUT2D eigenvalue weighted by Gasteiger charge is 2.02.